The number of aromatic nitrogens is 4. The van der Waals surface area contributed by atoms with Gasteiger partial charge in [0.1, 0.15) is 5.82 Å². The largest absolute Gasteiger partial charge is 0.416 e. The lowest BCUT2D eigenvalue weighted by atomic mass is 10.1. The normalized spacial score (nSPS) is 11.9. The van der Waals surface area contributed by atoms with Gasteiger partial charge in [-0.05, 0) is 30.0 Å². The molecule has 0 spiro atoms. The summed E-state index contributed by atoms with van der Waals surface area (Å²) in [5, 5.41) is 0.705. The van der Waals surface area contributed by atoms with Crippen molar-refractivity contribution in [2.75, 3.05) is 6.26 Å². The van der Waals surface area contributed by atoms with Crippen LogP contribution in [0.4, 0.5) is 13.2 Å². The molecule has 27 heavy (non-hydrogen) atoms. The lowest BCUT2D eigenvalue weighted by molar-refractivity contribution is -0.137. The topological polar surface area (TPSA) is 54.5 Å². The average molecular weight is 386 g/mol. The van der Waals surface area contributed by atoms with Gasteiger partial charge in [0, 0.05) is 23.5 Å². The van der Waals surface area contributed by atoms with E-state index < -0.39 is 11.7 Å². The molecule has 0 aliphatic carbocycles. The van der Waals surface area contributed by atoms with E-state index in [4.69, 9.17) is 0 Å². The molecule has 0 saturated heterocycles. The highest BCUT2D eigenvalue weighted by atomic mass is 32.2. The van der Waals surface area contributed by atoms with E-state index in [-0.39, 0.29) is 0 Å². The number of halogens is 3. The van der Waals surface area contributed by atoms with Crippen LogP contribution in [-0.2, 0) is 6.18 Å². The fourth-order valence-electron chi connectivity index (χ4n) is 2.71. The van der Waals surface area contributed by atoms with Gasteiger partial charge < -0.3 is 4.98 Å². The maximum Gasteiger partial charge on any atom is 0.416 e. The van der Waals surface area contributed by atoms with E-state index >= 15 is 0 Å². The third-order valence-corrected chi connectivity index (χ3v) is 4.69. The van der Waals surface area contributed by atoms with Crippen LogP contribution in [0.5, 0.6) is 0 Å². The first-order valence-electron chi connectivity index (χ1n) is 7.98. The summed E-state index contributed by atoms with van der Waals surface area (Å²) in [6.45, 7) is 0. The highest BCUT2D eigenvalue weighted by Gasteiger charge is 2.30. The Bertz CT molecular complexity index is 1090. The zero-order chi connectivity index (χ0) is 19.0. The molecular formula is C19H13F3N4S. The molecule has 4 nitrogen and oxygen atoms in total. The number of thioether (sulfide) groups is 1. The maximum atomic E-state index is 12.9. The zero-order valence-electron chi connectivity index (χ0n) is 14.1. The van der Waals surface area contributed by atoms with Crippen molar-refractivity contribution >= 4 is 22.8 Å². The van der Waals surface area contributed by atoms with Crippen LogP contribution >= 0.6 is 11.8 Å². The minimum Gasteiger partial charge on any atom is -0.338 e. The Morgan fingerprint density at radius 3 is 2.19 bits per heavy atom. The van der Waals surface area contributed by atoms with Crippen LogP contribution in [0.15, 0.2) is 60.0 Å². The number of imidazole rings is 1. The molecule has 1 N–H and O–H groups in total. The van der Waals surface area contributed by atoms with Crippen molar-refractivity contribution in [1.82, 2.24) is 19.9 Å². The summed E-state index contributed by atoms with van der Waals surface area (Å²) in [5.41, 5.74) is 2.76. The molecule has 8 heteroatoms. The molecule has 0 fully saturated rings. The number of hydrogen-bond donors (Lipinski definition) is 1. The predicted molar refractivity (Wildman–Crippen MR) is 99.3 cm³/mol. The second-order valence-corrected chi connectivity index (χ2v) is 6.62. The van der Waals surface area contributed by atoms with E-state index in [9.17, 15) is 13.2 Å². The van der Waals surface area contributed by atoms with Crippen molar-refractivity contribution in [1.29, 1.82) is 0 Å². The summed E-state index contributed by atoms with van der Waals surface area (Å²) < 4.78 is 38.6. The molecule has 0 unspecified atom stereocenters. The van der Waals surface area contributed by atoms with Crippen LogP contribution in [0.3, 0.4) is 0 Å². The van der Waals surface area contributed by atoms with Gasteiger partial charge in [-0.3, -0.25) is 0 Å². The monoisotopic (exact) mass is 386 g/mol. The van der Waals surface area contributed by atoms with Gasteiger partial charge >= 0.3 is 6.18 Å². The third-order valence-electron chi connectivity index (χ3n) is 4.11. The number of nitrogens with one attached hydrogen (secondary N) is 1. The van der Waals surface area contributed by atoms with Gasteiger partial charge in [0.05, 0.1) is 16.6 Å². The molecular weight excluding hydrogens is 373 g/mol. The van der Waals surface area contributed by atoms with E-state index in [2.05, 4.69) is 19.9 Å². The summed E-state index contributed by atoms with van der Waals surface area (Å²) in [6.07, 6.45) is 1.05. The van der Waals surface area contributed by atoms with Crippen molar-refractivity contribution in [3.63, 3.8) is 0 Å². The number of hydrogen-bond acceptors (Lipinski definition) is 4. The fraction of sp³-hybridized carbons (Fsp3) is 0.105. The van der Waals surface area contributed by atoms with E-state index in [1.165, 1.54) is 17.8 Å². The molecule has 0 saturated carbocycles. The quantitative estimate of drug-likeness (QED) is 0.377. The number of aromatic amines is 1. The van der Waals surface area contributed by atoms with Crippen molar-refractivity contribution in [3.05, 3.63) is 60.4 Å². The molecule has 0 bridgehead atoms. The molecule has 0 aliphatic rings. The average Bonchev–Trinajstić information content (AvgIpc) is 3.11. The maximum absolute atomic E-state index is 12.9. The number of rotatable bonds is 3. The Morgan fingerprint density at radius 2 is 1.56 bits per heavy atom. The molecule has 136 valence electrons. The Kier molecular flexibility index (Phi) is 4.35. The van der Waals surface area contributed by atoms with Gasteiger partial charge in [0.2, 0.25) is 0 Å². The van der Waals surface area contributed by atoms with Gasteiger partial charge in [0.15, 0.2) is 5.16 Å². The first kappa shape index (κ1) is 17.5. The van der Waals surface area contributed by atoms with Crippen LogP contribution in [0.25, 0.3) is 33.5 Å². The van der Waals surface area contributed by atoms with Crippen LogP contribution in [-0.4, -0.2) is 26.2 Å². The smallest absolute Gasteiger partial charge is 0.338 e. The predicted octanol–water partition coefficient (Wildman–Crippen LogP) is 5.43. The standard InChI is InChI=1S/C19H13F3N4S/c1-27-18-23-9-13(10-24-18)11-2-4-12(5-3-11)17-25-15-7-6-14(19(20,21)22)8-16(15)26-17/h2-10H,1H3,(H,25,26). The summed E-state index contributed by atoms with van der Waals surface area (Å²) in [7, 11) is 0. The van der Waals surface area contributed by atoms with Gasteiger partial charge in [-0.25, -0.2) is 15.0 Å². The minimum absolute atomic E-state index is 0.352. The molecule has 4 rings (SSSR count). The van der Waals surface area contributed by atoms with Crippen LogP contribution in [0.1, 0.15) is 5.56 Å². The second kappa shape index (κ2) is 6.70. The summed E-state index contributed by atoms with van der Waals surface area (Å²) in [4.78, 5) is 15.8. The fourth-order valence-corrected chi connectivity index (χ4v) is 3.03. The first-order valence-corrected chi connectivity index (χ1v) is 9.20. The minimum atomic E-state index is -4.38. The summed E-state index contributed by atoms with van der Waals surface area (Å²) >= 11 is 1.47. The van der Waals surface area contributed by atoms with Crippen molar-refractivity contribution in [2.45, 2.75) is 11.3 Å². The molecule has 0 amide bonds. The van der Waals surface area contributed by atoms with Crippen molar-refractivity contribution < 1.29 is 13.2 Å². The third kappa shape index (κ3) is 3.52. The number of alkyl halides is 3. The number of benzene rings is 2. The van der Waals surface area contributed by atoms with E-state index in [1.807, 2.05) is 30.5 Å². The van der Waals surface area contributed by atoms with Crippen LogP contribution < -0.4 is 0 Å². The van der Waals surface area contributed by atoms with Crippen molar-refractivity contribution in [2.24, 2.45) is 0 Å². The Hall–Kier alpha value is -2.87. The lowest BCUT2D eigenvalue weighted by Gasteiger charge is -2.05. The zero-order valence-corrected chi connectivity index (χ0v) is 14.9. The van der Waals surface area contributed by atoms with E-state index in [1.54, 1.807) is 12.4 Å². The molecule has 2 aromatic heterocycles. The highest BCUT2D eigenvalue weighted by molar-refractivity contribution is 7.98. The first-order chi connectivity index (χ1) is 12.9. The molecule has 0 radical (unpaired) electrons. The van der Waals surface area contributed by atoms with Gasteiger partial charge in [-0.2, -0.15) is 13.2 Å². The summed E-state index contributed by atoms with van der Waals surface area (Å²) in [6, 6.07) is 11.0. The number of fused-ring (bicyclic) bond motifs is 1. The van der Waals surface area contributed by atoms with Crippen LogP contribution in [0, 0.1) is 0 Å². The van der Waals surface area contributed by atoms with Gasteiger partial charge in [0.25, 0.3) is 0 Å². The molecule has 0 aliphatic heterocycles. The van der Waals surface area contributed by atoms with Gasteiger partial charge in [-0.15, -0.1) is 0 Å². The Balaban J connectivity index is 1.65. The Labute approximate surface area is 156 Å². The molecule has 2 heterocycles. The molecule has 2 aromatic carbocycles. The molecule has 4 aromatic rings. The van der Waals surface area contributed by atoms with E-state index in [0.29, 0.717) is 22.0 Å². The van der Waals surface area contributed by atoms with Gasteiger partial charge in [-0.1, -0.05) is 36.0 Å². The summed E-state index contributed by atoms with van der Waals surface area (Å²) in [5.74, 6) is 0.518. The SMILES string of the molecule is CSc1ncc(-c2ccc(-c3nc4ccc(C(F)(F)F)cc4[nH]3)cc2)cn1. The molecule has 0 atom stereocenters. The lowest BCUT2D eigenvalue weighted by Crippen LogP contribution is -2.04. The van der Waals surface area contributed by atoms with Crippen molar-refractivity contribution in [3.8, 4) is 22.5 Å². The number of nitrogens with zero attached hydrogens (tertiary/aromatic N) is 3. The van der Waals surface area contributed by atoms with E-state index in [0.717, 1.165) is 28.8 Å². The highest BCUT2D eigenvalue weighted by Crippen LogP contribution is 2.32. The van der Waals surface area contributed by atoms with Crippen LogP contribution in [0.2, 0.25) is 0 Å². The Morgan fingerprint density at radius 1 is 0.889 bits per heavy atom. The number of H-pyrrole nitrogens is 1. The second-order valence-electron chi connectivity index (χ2n) is 5.85.